The Morgan fingerprint density at radius 3 is 2.59 bits per heavy atom. The van der Waals surface area contributed by atoms with E-state index in [4.69, 9.17) is 11.6 Å². The standard InChI is InChI=1S/C21H24ClN3O2/c1-25(14-21(27)24-19-11-5-4-10-17(19)22)13-20(26)23-18-12-6-8-15-7-2-3-9-16(15)18/h2-5,7,9-11,18H,6,8,12-14H2,1H3,(H,23,26)(H,24,27)/t18-/m0/s1. The molecule has 0 fully saturated rings. The van der Waals surface area contributed by atoms with Crippen LogP contribution >= 0.6 is 11.6 Å². The van der Waals surface area contributed by atoms with Crippen molar-refractivity contribution in [1.29, 1.82) is 0 Å². The normalized spacial score (nSPS) is 15.9. The maximum Gasteiger partial charge on any atom is 0.238 e. The number of fused-ring (bicyclic) bond motifs is 1. The lowest BCUT2D eigenvalue weighted by Crippen LogP contribution is -2.40. The molecular formula is C21H24ClN3O2. The summed E-state index contributed by atoms with van der Waals surface area (Å²) in [5.41, 5.74) is 3.08. The van der Waals surface area contributed by atoms with E-state index in [0.29, 0.717) is 10.7 Å². The molecule has 5 nitrogen and oxygen atoms in total. The van der Waals surface area contributed by atoms with Gasteiger partial charge in [0.15, 0.2) is 0 Å². The van der Waals surface area contributed by atoms with Crippen LogP contribution in [-0.2, 0) is 16.0 Å². The average molecular weight is 386 g/mol. The van der Waals surface area contributed by atoms with Crippen LogP contribution in [0.2, 0.25) is 5.02 Å². The van der Waals surface area contributed by atoms with Crippen molar-refractivity contribution >= 4 is 29.1 Å². The van der Waals surface area contributed by atoms with Crippen LogP contribution in [-0.4, -0.2) is 36.9 Å². The highest BCUT2D eigenvalue weighted by Crippen LogP contribution is 2.29. The summed E-state index contributed by atoms with van der Waals surface area (Å²) in [6.45, 7) is 0.272. The molecule has 2 aromatic rings. The number of rotatable bonds is 6. The van der Waals surface area contributed by atoms with E-state index in [1.54, 1.807) is 36.2 Å². The molecule has 27 heavy (non-hydrogen) atoms. The largest absolute Gasteiger partial charge is 0.348 e. The van der Waals surface area contributed by atoms with Crippen molar-refractivity contribution in [1.82, 2.24) is 10.2 Å². The smallest absolute Gasteiger partial charge is 0.238 e. The first kappa shape index (κ1) is 19.4. The van der Waals surface area contributed by atoms with E-state index >= 15 is 0 Å². The van der Waals surface area contributed by atoms with E-state index in [9.17, 15) is 9.59 Å². The number of hydrogen-bond acceptors (Lipinski definition) is 3. The van der Waals surface area contributed by atoms with Gasteiger partial charge < -0.3 is 10.6 Å². The summed E-state index contributed by atoms with van der Waals surface area (Å²) in [5.74, 6) is -0.286. The quantitative estimate of drug-likeness (QED) is 0.801. The molecule has 6 heteroatoms. The van der Waals surface area contributed by atoms with Gasteiger partial charge in [-0.3, -0.25) is 14.5 Å². The van der Waals surface area contributed by atoms with Crippen LogP contribution in [0.25, 0.3) is 0 Å². The van der Waals surface area contributed by atoms with Gasteiger partial charge in [0.2, 0.25) is 11.8 Å². The zero-order valence-corrected chi connectivity index (χ0v) is 16.1. The number of anilines is 1. The minimum absolute atomic E-state index is 0.0489. The Morgan fingerprint density at radius 1 is 1.07 bits per heavy atom. The van der Waals surface area contributed by atoms with Gasteiger partial charge in [0.1, 0.15) is 0 Å². The van der Waals surface area contributed by atoms with Crippen LogP contribution in [0, 0.1) is 0 Å². The molecule has 0 bridgehead atoms. The summed E-state index contributed by atoms with van der Waals surface area (Å²) < 4.78 is 0. The Kier molecular flexibility index (Phi) is 6.48. The highest BCUT2D eigenvalue weighted by Gasteiger charge is 2.22. The van der Waals surface area contributed by atoms with E-state index in [2.05, 4.69) is 22.8 Å². The molecule has 0 aliphatic heterocycles. The molecular weight excluding hydrogens is 362 g/mol. The van der Waals surface area contributed by atoms with Crippen LogP contribution in [0.4, 0.5) is 5.69 Å². The first-order valence-electron chi connectivity index (χ1n) is 9.13. The van der Waals surface area contributed by atoms with E-state index < -0.39 is 0 Å². The van der Waals surface area contributed by atoms with Crippen LogP contribution in [0.15, 0.2) is 48.5 Å². The fourth-order valence-corrected chi connectivity index (χ4v) is 3.63. The number of halogens is 1. The van der Waals surface area contributed by atoms with Crippen molar-refractivity contribution in [2.75, 3.05) is 25.5 Å². The zero-order chi connectivity index (χ0) is 19.2. The second kappa shape index (κ2) is 9.02. The number of nitrogens with zero attached hydrogens (tertiary/aromatic N) is 1. The molecule has 0 heterocycles. The lowest BCUT2D eigenvalue weighted by atomic mass is 9.88. The molecule has 0 unspecified atom stereocenters. The minimum atomic E-state index is -0.207. The predicted octanol–water partition coefficient (Wildman–Crippen LogP) is 3.40. The Morgan fingerprint density at radius 2 is 1.78 bits per heavy atom. The Labute approximate surface area is 164 Å². The average Bonchev–Trinajstić information content (AvgIpc) is 2.63. The van der Waals surface area contributed by atoms with Crippen LogP contribution in [0.5, 0.6) is 0 Å². The van der Waals surface area contributed by atoms with Crippen LogP contribution < -0.4 is 10.6 Å². The Hall–Kier alpha value is -2.37. The third kappa shape index (κ3) is 5.31. The summed E-state index contributed by atoms with van der Waals surface area (Å²) in [5, 5.41) is 6.36. The van der Waals surface area contributed by atoms with Crippen molar-refractivity contribution in [3.63, 3.8) is 0 Å². The molecule has 0 spiro atoms. The molecule has 2 aromatic carbocycles. The van der Waals surface area contributed by atoms with Gasteiger partial charge >= 0.3 is 0 Å². The minimum Gasteiger partial charge on any atom is -0.348 e. The van der Waals surface area contributed by atoms with Crippen molar-refractivity contribution in [2.45, 2.75) is 25.3 Å². The molecule has 1 aliphatic rings. The third-order valence-corrected chi connectivity index (χ3v) is 5.01. The fourth-order valence-electron chi connectivity index (χ4n) is 3.44. The SMILES string of the molecule is CN(CC(=O)Nc1ccccc1Cl)CC(=O)N[C@H]1CCCc2ccccc21. The third-order valence-electron chi connectivity index (χ3n) is 4.68. The summed E-state index contributed by atoms with van der Waals surface area (Å²) in [4.78, 5) is 26.3. The number of carbonyl (C=O) groups excluding carboxylic acids is 2. The van der Waals surface area contributed by atoms with Gasteiger partial charge in [-0.25, -0.2) is 0 Å². The summed E-state index contributed by atoms with van der Waals surface area (Å²) >= 11 is 6.05. The van der Waals surface area contributed by atoms with Gasteiger partial charge in [-0.15, -0.1) is 0 Å². The van der Waals surface area contributed by atoms with Gasteiger partial charge in [-0.2, -0.15) is 0 Å². The molecule has 2 amide bonds. The predicted molar refractivity (Wildman–Crippen MR) is 108 cm³/mol. The maximum absolute atomic E-state index is 12.4. The number of aryl methyl sites for hydroxylation is 1. The van der Waals surface area contributed by atoms with Crippen molar-refractivity contribution < 1.29 is 9.59 Å². The number of hydrogen-bond donors (Lipinski definition) is 2. The topological polar surface area (TPSA) is 61.4 Å². The number of nitrogens with one attached hydrogen (secondary N) is 2. The van der Waals surface area contributed by atoms with E-state index in [1.807, 2.05) is 12.1 Å². The lowest BCUT2D eigenvalue weighted by molar-refractivity contribution is -0.123. The second-order valence-electron chi connectivity index (χ2n) is 6.91. The molecule has 142 valence electrons. The molecule has 3 rings (SSSR count). The number of para-hydroxylation sites is 1. The second-order valence-corrected chi connectivity index (χ2v) is 7.32. The van der Waals surface area contributed by atoms with Crippen LogP contribution in [0.3, 0.4) is 0 Å². The van der Waals surface area contributed by atoms with Gasteiger partial charge in [-0.05, 0) is 49.6 Å². The van der Waals surface area contributed by atoms with Gasteiger partial charge in [0.05, 0.1) is 29.8 Å². The number of carbonyl (C=O) groups is 2. The lowest BCUT2D eigenvalue weighted by Gasteiger charge is -2.27. The fraction of sp³-hybridized carbons (Fsp3) is 0.333. The van der Waals surface area contributed by atoms with Gasteiger partial charge in [0.25, 0.3) is 0 Å². The first-order valence-corrected chi connectivity index (χ1v) is 9.51. The van der Waals surface area contributed by atoms with Crippen molar-refractivity contribution in [3.8, 4) is 0 Å². The van der Waals surface area contributed by atoms with E-state index in [-0.39, 0.29) is 30.9 Å². The molecule has 0 aromatic heterocycles. The molecule has 2 N–H and O–H groups in total. The summed E-state index contributed by atoms with van der Waals surface area (Å²) in [7, 11) is 1.75. The molecule has 0 radical (unpaired) electrons. The molecule has 1 aliphatic carbocycles. The molecule has 0 saturated heterocycles. The molecule has 1 atom stereocenters. The summed E-state index contributed by atoms with van der Waals surface area (Å²) in [6, 6.07) is 15.4. The van der Waals surface area contributed by atoms with E-state index in [0.717, 1.165) is 19.3 Å². The van der Waals surface area contributed by atoms with Gasteiger partial charge in [-0.1, -0.05) is 48.0 Å². The highest BCUT2D eigenvalue weighted by atomic mass is 35.5. The van der Waals surface area contributed by atoms with Crippen molar-refractivity contribution in [2.24, 2.45) is 0 Å². The Balaban J connectivity index is 1.50. The Bertz CT molecular complexity index is 825. The number of amides is 2. The highest BCUT2D eigenvalue weighted by molar-refractivity contribution is 6.33. The zero-order valence-electron chi connectivity index (χ0n) is 15.4. The van der Waals surface area contributed by atoms with Crippen LogP contribution in [0.1, 0.15) is 30.0 Å². The maximum atomic E-state index is 12.4. The monoisotopic (exact) mass is 385 g/mol. The number of likely N-dealkylation sites (N-methyl/N-ethyl adjacent to an activating group) is 1. The van der Waals surface area contributed by atoms with E-state index in [1.165, 1.54) is 11.1 Å². The summed E-state index contributed by atoms with van der Waals surface area (Å²) in [6.07, 6.45) is 3.07. The number of benzene rings is 2. The molecule has 0 saturated carbocycles. The van der Waals surface area contributed by atoms with Crippen molar-refractivity contribution in [3.05, 3.63) is 64.7 Å². The van der Waals surface area contributed by atoms with Gasteiger partial charge in [0, 0.05) is 0 Å². The first-order chi connectivity index (χ1) is 13.0.